The first-order valence-corrected chi connectivity index (χ1v) is 7.49. The van der Waals surface area contributed by atoms with E-state index in [1.165, 1.54) is 38.9 Å². The Morgan fingerprint density at radius 1 is 1.42 bits per heavy atom. The minimum absolute atomic E-state index is 0.549. The van der Waals surface area contributed by atoms with Gasteiger partial charge in [-0.25, -0.2) is 4.98 Å². The van der Waals surface area contributed by atoms with Gasteiger partial charge in [0.05, 0.1) is 6.54 Å². The first-order valence-electron chi connectivity index (χ1n) is 7.49. The molecule has 0 radical (unpaired) electrons. The van der Waals surface area contributed by atoms with Crippen LogP contribution in [-0.4, -0.2) is 45.3 Å². The Morgan fingerprint density at radius 2 is 2.16 bits per heavy atom. The molecule has 5 heteroatoms. The first kappa shape index (κ1) is 14.5. The number of hydrogen-bond acceptors (Lipinski definition) is 4. The summed E-state index contributed by atoms with van der Waals surface area (Å²) in [5, 5.41) is 7.87. The number of rotatable bonds is 6. The zero-order chi connectivity index (χ0) is 13.7. The number of piperidine rings is 1. The van der Waals surface area contributed by atoms with Gasteiger partial charge in [0.1, 0.15) is 6.33 Å². The fourth-order valence-electron chi connectivity index (χ4n) is 2.88. The van der Waals surface area contributed by atoms with Crippen LogP contribution < -0.4 is 5.32 Å². The van der Waals surface area contributed by atoms with Crippen LogP contribution in [0.3, 0.4) is 0 Å². The van der Waals surface area contributed by atoms with E-state index < -0.39 is 0 Å². The van der Waals surface area contributed by atoms with Crippen molar-refractivity contribution in [2.75, 3.05) is 19.6 Å². The van der Waals surface area contributed by atoms with E-state index in [1.807, 2.05) is 7.05 Å². The van der Waals surface area contributed by atoms with Crippen LogP contribution in [0.25, 0.3) is 0 Å². The van der Waals surface area contributed by atoms with Crippen LogP contribution in [0.2, 0.25) is 0 Å². The van der Waals surface area contributed by atoms with Gasteiger partial charge in [0.2, 0.25) is 0 Å². The summed E-state index contributed by atoms with van der Waals surface area (Å²) in [5.74, 6) is 1.68. The molecule has 1 aliphatic rings. The molecule has 0 aliphatic carbocycles. The van der Waals surface area contributed by atoms with Crippen molar-refractivity contribution in [1.82, 2.24) is 25.0 Å². The molecule has 0 aromatic carbocycles. The van der Waals surface area contributed by atoms with Crippen LogP contribution in [-0.2, 0) is 13.6 Å². The first-order chi connectivity index (χ1) is 9.19. The van der Waals surface area contributed by atoms with Gasteiger partial charge in [0, 0.05) is 13.1 Å². The summed E-state index contributed by atoms with van der Waals surface area (Å²) >= 11 is 0. The van der Waals surface area contributed by atoms with E-state index in [2.05, 4.69) is 34.1 Å². The van der Waals surface area contributed by atoms with Gasteiger partial charge in [-0.1, -0.05) is 6.92 Å². The standard InChI is InChI=1S/C14H27N5/c1-4-7-19-8-5-13(6-9-19)12(2)15-10-14-16-11-18(3)17-14/h11-13,15H,4-10H2,1-3H3. The molecular weight excluding hydrogens is 238 g/mol. The predicted molar refractivity (Wildman–Crippen MR) is 76.8 cm³/mol. The van der Waals surface area contributed by atoms with Crippen molar-refractivity contribution >= 4 is 0 Å². The van der Waals surface area contributed by atoms with E-state index in [0.29, 0.717) is 6.04 Å². The summed E-state index contributed by atoms with van der Waals surface area (Å²) < 4.78 is 1.75. The molecule has 108 valence electrons. The lowest BCUT2D eigenvalue weighted by molar-refractivity contribution is 0.162. The van der Waals surface area contributed by atoms with Crippen LogP contribution in [0.4, 0.5) is 0 Å². The molecule has 0 spiro atoms. The highest BCUT2D eigenvalue weighted by molar-refractivity contribution is 4.84. The molecular formula is C14H27N5. The molecule has 1 saturated heterocycles. The maximum absolute atomic E-state index is 4.30. The normalized spacial score (nSPS) is 19.7. The number of hydrogen-bond donors (Lipinski definition) is 1. The van der Waals surface area contributed by atoms with Crippen molar-refractivity contribution in [3.63, 3.8) is 0 Å². The molecule has 0 amide bonds. The lowest BCUT2D eigenvalue weighted by Crippen LogP contribution is -2.42. The number of aromatic nitrogens is 3. The molecule has 1 fully saturated rings. The Hall–Kier alpha value is -0.940. The Kier molecular flexibility index (Phi) is 5.34. The molecule has 1 aromatic rings. The van der Waals surface area contributed by atoms with Gasteiger partial charge in [-0.3, -0.25) is 4.68 Å². The predicted octanol–water partition coefficient (Wildman–Crippen LogP) is 1.42. The van der Waals surface area contributed by atoms with E-state index in [9.17, 15) is 0 Å². The molecule has 0 saturated carbocycles. The van der Waals surface area contributed by atoms with E-state index in [0.717, 1.165) is 18.3 Å². The lowest BCUT2D eigenvalue weighted by Gasteiger charge is -2.35. The highest BCUT2D eigenvalue weighted by Crippen LogP contribution is 2.20. The Labute approximate surface area is 116 Å². The largest absolute Gasteiger partial charge is 0.307 e. The van der Waals surface area contributed by atoms with E-state index >= 15 is 0 Å². The van der Waals surface area contributed by atoms with Crippen molar-refractivity contribution in [1.29, 1.82) is 0 Å². The zero-order valence-corrected chi connectivity index (χ0v) is 12.5. The summed E-state index contributed by atoms with van der Waals surface area (Å²) in [6.45, 7) is 9.10. The summed E-state index contributed by atoms with van der Waals surface area (Å²) in [6, 6.07) is 0.549. The Morgan fingerprint density at radius 3 is 2.74 bits per heavy atom. The summed E-state index contributed by atoms with van der Waals surface area (Å²) in [7, 11) is 1.91. The van der Waals surface area contributed by atoms with Crippen LogP contribution in [0.1, 0.15) is 38.9 Å². The molecule has 1 unspecified atom stereocenters. The quantitative estimate of drug-likeness (QED) is 0.845. The van der Waals surface area contributed by atoms with E-state index in [-0.39, 0.29) is 0 Å². The molecule has 2 rings (SSSR count). The van der Waals surface area contributed by atoms with E-state index in [1.54, 1.807) is 11.0 Å². The van der Waals surface area contributed by atoms with Crippen LogP contribution >= 0.6 is 0 Å². The molecule has 5 nitrogen and oxygen atoms in total. The molecule has 2 heterocycles. The average Bonchev–Trinajstić information content (AvgIpc) is 2.83. The maximum Gasteiger partial charge on any atom is 0.164 e. The molecule has 1 atom stereocenters. The van der Waals surface area contributed by atoms with Crippen molar-refractivity contribution in [2.24, 2.45) is 13.0 Å². The van der Waals surface area contributed by atoms with Crippen LogP contribution in [0.5, 0.6) is 0 Å². The Bertz CT molecular complexity index is 368. The van der Waals surface area contributed by atoms with Gasteiger partial charge >= 0.3 is 0 Å². The van der Waals surface area contributed by atoms with Crippen LogP contribution in [0, 0.1) is 5.92 Å². The SMILES string of the molecule is CCCN1CCC(C(C)NCc2ncn(C)n2)CC1. The third-order valence-corrected chi connectivity index (χ3v) is 4.11. The summed E-state index contributed by atoms with van der Waals surface area (Å²) in [4.78, 5) is 6.84. The second-order valence-electron chi connectivity index (χ2n) is 5.68. The molecule has 1 aliphatic heterocycles. The van der Waals surface area contributed by atoms with Gasteiger partial charge < -0.3 is 10.2 Å². The average molecular weight is 265 g/mol. The number of nitrogens with zero attached hydrogens (tertiary/aromatic N) is 4. The lowest BCUT2D eigenvalue weighted by atomic mass is 9.90. The van der Waals surface area contributed by atoms with Crippen molar-refractivity contribution in [3.8, 4) is 0 Å². The second-order valence-corrected chi connectivity index (χ2v) is 5.68. The van der Waals surface area contributed by atoms with Gasteiger partial charge in [0.25, 0.3) is 0 Å². The zero-order valence-electron chi connectivity index (χ0n) is 12.5. The molecule has 1 N–H and O–H groups in total. The summed E-state index contributed by atoms with van der Waals surface area (Å²) in [6.07, 6.45) is 5.64. The number of nitrogens with one attached hydrogen (secondary N) is 1. The van der Waals surface area contributed by atoms with E-state index in [4.69, 9.17) is 0 Å². The van der Waals surface area contributed by atoms with Crippen molar-refractivity contribution < 1.29 is 0 Å². The van der Waals surface area contributed by atoms with Crippen LogP contribution in [0.15, 0.2) is 6.33 Å². The molecule has 19 heavy (non-hydrogen) atoms. The van der Waals surface area contributed by atoms with Gasteiger partial charge in [-0.05, 0) is 51.7 Å². The summed E-state index contributed by atoms with van der Waals surface area (Å²) in [5.41, 5.74) is 0. The fraction of sp³-hybridized carbons (Fsp3) is 0.857. The monoisotopic (exact) mass is 265 g/mol. The molecule has 1 aromatic heterocycles. The minimum atomic E-state index is 0.549. The van der Waals surface area contributed by atoms with Crippen molar-refractivity contribution in [3.05, 3.63) is 12.2 Å². The van der Waals surface area contributed by atoms with Crippen molar-refractivity contribution in [2.45, 2.75) is 45.7 Å². The highest BCUT2D eigenvalue weighted by atomic mass is 15.3. The smallest absolute Gasteiger partial charge is 0.164 e. The Balaban J connectivity index is 1.70. The van der Waals surface area contributed by atoms with Gasteiger partial charge in [-0.15, -0.1) is 0 Å². The van der Waals surface area contributed by atoms with Gasteiger partial charge in [-0.2, -0.15) is 5.10 Å². The third kappa shape index (κ3) is 4.28. The third-order valence-electron chi connectivity index (χ3n) is 4.11. The number of aryl methyl sites for hydroxylation is 1. The second kappa shape index (κ2) is 7.01. The molecule has 0 bridgehead atoms. The highest BCUT2D eigenvalue weighted by Gasteiger charge is 2.23. The minimum Gasteiger partial charge on any atom is -0.307 e. The maximum atomic E-state index is 4.30. The fourth-order valence-corrected chi connectivity index (χ4v) is 2.88. The number of likely N-dealkylation sites (tertiary alicyclic amines) is 1. The topological polar surface area (TPSA) is 46.0 Å². The van der Waals surface area contributed by atoms with Gasteiger partial charge in [0.15, 0.2) is 5.82 Å².